The van der Waals surface area contributed by atoms with E-state index in [1.807, 2.05) is 85.2 Å². The molecule has 2 heterocycles. The molecule has 4 rings (SSSR count). The van der Waals surface area contributed by atoms with Crippen LogP contribution >= 0.6 is 12.6 Å². The molecule has 0 saturated heterocycles. The molecule has 2 aromatic heterocycles. The molecule has 9 heteroatoms. The van der Waals surface area contributed by atoms with Gasteiger partial charge in [0.05, 0.1) is 13.0 Å². The average Bonchev–Trinajstić information content (AvgIpc) is 3.74. The molecule has 4 aromatic rings. The van der Waals surface area contributed by atoms with Crippen LogP contribution in [0.25, 0.3) is 21.8 Å². The van der Waals surface area contributed by atoms with E-state index in [0.717, 1.165) is 59.9 Å². The van der Waals surface area contributed by atoms with Gasteiger partial charge in [0.2, 0.25) is 0 Å². The molecule has 0 aliphatic rings. The van der Waals surface area contributed by atoms with Crippen LogP contribution in [0.2, 0.25) is 0 Å². The third kappa shape index (κ3) is 10.9. The SMILES string of the molecule is CC.CC(C=O)C(C)(C)C(C)C(C)C(C)(S)C(C)C(=O)Oc1cccc2[nH]cc(CCN(C)C)c12.COc1cccc2[nH]cc(CCN(C)C)c12. The Bertz CT molecular complexity index is 1670. The first-order valence-corrected chi connectivity index (χ1v) is 18.8. The lowest BCUT2D eigenvalue weighted by molar-refractivity contribution is -0.140. The predicted octanol–water partition coefficient (Wildman–Crippen LogP) is 8.94. The number of carbonyl (C=O) groups is 2. The summed E-state index contributed by atoms with van der Waals surface area (Å²) in [4.78, 5) is 35.7. The Hall–Kier alpha value is -3.27. The van der Waals surface area contributed by atoms with Crippen LogP contribution in [0.5, 0.6) is 11.5 Å². The molecule has 2 N–H and O–H groups in total. The predicted molar refractivity (Wildman–Crippen MR) is 219 cm³/mol. The van der Waals surface area contributed by atoms with E-state index in [9.17, 15) is 9.59 Å². The molecule has 0 bridgehead atoms. The standard InChI is InChI=1S/C27H42N2O3S.C13H18N2O.C2H6/c1-17(16-30)26(5,6)18(2)19(3)27(7,33)20(4)25(31)32-23-12-10-11-22-24(23)21(15-28-22)13-14-29(8)9;1-15(2)8-7-10-9-14-11-5-4-6-12(16-3)13(10)11;1-2/h10-12,15-20,28,33H,13-14H2,1-9H3;4-6,9,14H,7-8H2,1-3H3;1-2H3. The van der Waals surface area contributed by atoms with Gasteiger partial charge in [-0.3, -0.25) is 4.79 Å². The van der Waals surface area contributed by atoms with Crippen molar-refractivity contribution in [1.29, 1.82) is 0 Å². The number of H-pyrrole nitrogens is 2. The molecule has 0 radical (unpaired) electrons. The summed E-state index contributed by atoms with van der Waals surface area (Å²) >= 11 is 4.99. The lowest BCUT2D eigenvalue weighted by Crippen LogP contribution is -2.47. The Labute approximate surface area is 313 Å². The molecule has 0 spiro atoms. The molecule has 8 nitrogen and oxygen atoms in total. The van der Waals surface area contributed by atoms with Crippen LogP contribution in [0, 0.1) is 29.1 Å². The molecule has 0 aliphatic carbocycles. The number of nitrogens with one attached hydrogen (secondary N) is 2. The van der Waals surface area contributed by atoms with Crippen LogP contribution in [0.15, 0.2) is 48.8 Å². The summed E-state index contributed by atoms with van der Waals surface area (Å²) in [6.45, 7) is 20.3. The maximum atomic E-state index is 13.3. The zero-order chi connectivity index (χ0) is 38.7. The zero-order valence-electron chi connectivity index (χ0n) is 33.8. The van der Waals surface area contributed by atoms with Gasteiger partial charge >= 0.3 is 5.97 Å². The second kappa shape index (κ2) is 19.5. The molecule has 5 atom stereocenters. The van der Waals surface area contributed by atoms with Gasteiger partial charge in [-0.15, -0.1) is 0 Å². The van der Waals surface area contributed by atoms with Crippen molar-refractivity contribution in [1.82, 2.24) is 19.8 Å². The maximum Gasteiger partial charge on any atom is 0.315 e. The van der Waals surface area contributed by atoms with Crippen LogP contribution in [0.4, 0.5) is 0 Å². The lowest BCUT2D eigenvalue weighted by Gasteiger charge is -2.46. The number of aldehydes is 1. The summed E-state index contributed by atoms with van der Waals surface area (Å²) in [5.41, 5.74) is 4.35. The normalized spacial score (nSPS) is 15.2. The lowest BCUT2D eigenvalue weighted by atomic mass is 9.63. The minimum atomic E-state index is -0.615. The molecule has 0 aliphatic heterocycles. The van der Waals surface area contributed by atoms with Crippen molar-refractivity contribution >= 4 is 46.7 Å². The van der Waals surface area contributed by atoms with Gasteiger partial charge in [0.25, 0.3) is 0 Å². The van der Waals surface area contributed by atoms with Crippen molar-refractivity contribution in [2.45, 2.75) is 79.9 Å². The van der Waals surface area contributed by atoms with E-state index >= 15 is 0 Å². The van der Waals surface area contributed by atoms with E-state index < -0.39 is 10.7 Å². The summed E-state index contributed by atoms with van der Waals surface area (Å²) in [7, 11) is 9.99. The van der Waals surface area contributed by atoms with Crippen molar-refractivity contribution < 1.29 is 19.1 Å². The Balaban J connectivity index is 0.000000415. The van der Waals surface area contributed by atoms with E-state index in [0.29, 0.717) is 5.75 Å². The van der Waals surface area contributed by atoms with E-state index in [2.05, 4.69) is 73.8 Å². The van der Waals surface area contributed by atoms with E-state index in [-0.39, 0.29) is 29.1 Å². The first-order valence-electron chi connectivity index (χ1n) is 18.4. The highest BCUT2D eigenvalue weighted by atomic mass is 32.1. The number of fused-ring (bicyclic) bond motifs is 2. The number of hydrogen-bond acceptors (Lipinski definition) is 7. The van der Waals surface area contributed by atoms with Gasteiger partial charge in [0.1, 0.15) is 17.8 Å². The third-order valence-electron chi connectivity index (χ3n) is 11.0. The van der Waals surface area contributed by atoms with Crippen LogP contribution in [0.3, 0.4) is 0 Å². The third-order valence-corrected chi connectivity index (χ3v) is 11.8. The summed E-state index contributed by atoms with van der Waals surface area (Å²) in [5.74, 6) is 0.945. The largest absolute Gasteiger partial charge is 0.496 e. The van der Waals surface area contributed by atoms with Crippen LogP contribution in [-0.2, 0) is 22.4 Å². The van der Waals surface area contributed by atoms with Gasteiger partial charge in [0, 0.05) is 58.0 Å². The van der Waals surface area contributed by atoms with Gasteiger partial charge < -0.3 is 34.0 Å². The van der Waals surface area contributed by atoms with Crippen molar-refractivity contribution in [2.75, 3.05) is 48.4 Å². The van der Waals surface area contributed by atoms with E-state index in [4.69, 9.17) is 22.1 Å². The molecular formula is C42H66N4O4S. The number of hydrogen-bond donors (Lipinski definition) is 3. The highest BCUT2D eigenvalue weighted by Gasteiger charge is 2.46. The number of carbonyl (C=O) groups excluding carboxylic acids is 2. The summed E-state index contributed by atoms with van der Waals surface area (Å²) in [6.07, 6.45) is 6.99. The first-order chi connectivity index (χ1) is 24.0. The monoisotopic (exact) mass is 722 g/mol. The molecular weight excluding hydrogens is 657 g/mol. The summed E-state index contributed by atoms with van der Waals surface area (Å²) in [5, 5.41) is 2.18. The Morgan fingerprint density at radius 2 is 1.25 bits per heavy atom. The number of aromatic amines is 2. The maximum absolute atomic E-state index is 13.3. The topological polar surface area (TPSA) is 90.7 Å². The van der Waals surface area contributed by atoms with Gasteiger partial charge in [-0.25, -0.2) is 0 Å². The second-order valence-electron chi connectivity index (χ2n) is 15.0. The van der Waals surface area contributed by atoms with Gasteiger partial charge in [-0.1, -0.05) is 67.5 Å². The summed E-state index contributed by atoms with van der Waals surface area (Å²) in [6, 6.07) is 11.9. The second-order valence-corrected chi connectivity index (χ2v) is 16.0. The molecule has 0 saturated carbocycles. The Morgan fingerprint density at radius 1 is 0.804 bits per heavy atom. The fourth-order valence-corrected chi connectivity index (χ4v) is 6.68. The number of aromatic nitrogens is 2. The minimum absolute atomic E-state index is 0.0690. The quantitative estimate of drug-likeness (QED) is 0.0492. The van der Waals surface area contributed by atoms with E-state index in [1.54, 1.807) is 7.11 Å². The molecule has 51 heavy (non-hydrogen) atoms. The fraction of sp³-hybridized carbons (Fsp3) is 0.571. The molecule has 5 unspecified atom stereocenters. The van der Waals surface area contributed by atoms with Crippen LogP contribution in [-0.4, -0.2) is 85.2 Å². The first kappa shape index (κ1) is 43.9. The highest BCUT2D eigenvalue weighted by Crippen LogP contribution is 2.46. The number of nitrogens with zero attached hydrogens (tertiary/aromatic N) is 2. The number of ether oxygens (including phenoxy) is 2. The van der Waals surface area contributed by atoms with Crippen molar-refractivity contribution in [3.63, 3.8) is 0 Å². The minimum Gasteiger partial charge on any atom is -0.496 e. The molecule has 0 amide bonds. The van der Waals surface area contributed by atoms with Crippen molar-refractivity contribution in [2.24, 2.45) is 29.1 Å². The number of thiol groups is 1. The average molecular weight is 723 g/mol. The highest BCUT2D eigenvalue weighted by molar-refractivity contribution is 7.81. The van der Waals surface area contributed by atoms with Gasteiger partial charge in [-0.05, 0) is 101 Å². The van der Waals surface area contributed by atoms with Crippen molar-refractivity contribution in [3.8, 4) is 11.5 Å². The Morgan fingerprint density at radius 3 is 1.69 bits per heavy atom. The fourth-order valence-electron chi connectivity index (χ4n) is 6.35. The van der Waals surface area contributed by atoms with Crippen LogP contribution in [0.1, 0.15) is 73.4 Å². The molecule has 2 aromatic carbocycles. The van der Waals surface area contributed by atoms with Crippen molar-refractivity contribution in [3.05, 3.63) is 59.9 Å². The summed E-state index contributed by atoms with van der Waals surface area (Å²) < 4.78 is 10.8. The van der Waals surface area contributed by atoms with Gasteiger partial charge in [0.15, 0.2) is 0 Å². The number of likely N-dealkylation sites (N-methyl/N-ethyl adjacent to an activating group) is 2. The molecule has 284 valence electrons. The molecule has 0 fully saturated rings. The zero-order valence-corrected chi connectivity index (χ0v) is 34.7. The van der Waals surface area contributed by atoms with Gasteiger partial charge in [-0.2, -0.15) is 12.6 Å². The Kier molecular flexibility index (Phi) is 16.8. The van der Waals surface area contributed by atoms with Crippen LogP contribution < -0.4 is 9.47 Å². The van der Waals surface area contributed by atoms with E-state index in [1.165, 1.54) is 10.9 Å². The number of rotatable bonds is 15. The number of benzene rings is 2. The number of esters is 1. The smallest absolute Gasteiger partial charge is 0.315 e. The number of methoxy groups -OCH3 is 1.